The van der Waals surface area contributed by atoms with Crippen LogP contribution in [0.25, 0.3) is 0 Å². The van der Waals surface area contributed by atoms with Crippen LogP contribution in [0.4, 0.5) is 18.9 Å². The van der Waals surface area contributed by atoms with Crippen LogP contribution in [0.2, 0.25) is 0 Å². The van der Waals surface area contributed by atoms with E-state index in [-0.39, 0.29) is 35.9 Å². The van der Waals surface area contributed by atoms with Gasteiger partial charge in [0.2, 0.25) is 6.43 Å². The molecule has 25 heavy (non-hydrogen) atoms. The summed E-state index contributed by atoms with van der Waals surface area (Å²) in [6.45, 7) is 5.11. The molecule has 0 spiro atoms. The van der Waals surface area contributed by atoms with Crippen LogP contribution in [0.1, 0.15) is 45.1 Å². The Morgan fingerprint density at radius 3 is 2.52 bits per heavy atom. The second kappa shape index (κ2) is 8.83. The van der Waals surface area contributed by atoms with E-state index in [9.17, 15) is 13.2 Å². The molecule has 1 saturated carbocycles. The van der Waals surface area contributed by atoms with Crippen molar-refractivity contribution < 1.29 is 13.2 Å². The maximum atomic E-state index is 14.2. The molecule has 0 unspecified atom stereocenters. The van der Waals surface area contributed by atoms with E-state index in [0.29, 0.717) is 12.1 Å². The minimum absolute atomic E-state index is 0. The van der Waals surface area contributed by atoms with E-state index in [1.165, 1.54) is 25.0 Å². The van der Waals surface area contributed by atoms with Crippen molar-refractivity contribution in [2.75, 3.05) is 11.4 Å². The number of halogens is 5. The first-order valence-electron chi connectivity index (χ1n) is 8.47. The molecule has 0 amide bonds. The zero-order valence-electron chi connectivity index (χ0n) is 14.6. The standard InChI is InChI=1S/C18H25F3N2.2ClH/c1-18(2)11-23(16-6-4-3-5-15(16)22-18)13-8-7-12(9-17(20)21)14(19)10-13;;/h7-8,10,15-17,22H,3-6,9,11H2,1-2H3;2*1H/t15-,16-;;/m0../s1. The van der Waals surface area contributed by atoms with Gasteiger partial charge in [0.15, 0.2) is 0 Å². The number of rotatable bonds is 3. The highest BCUT2D eigenvalue weighted by molar-refractivity contribution is 5.85. The summed E-state index contributed by atoms with van der Waals surface area (Å²) in [7, 11) is 0. The van der Waals surface area contributed by atoms with Gasteiger partial charge in [0.25, 0.3) is 0 Å². The SMILES string of the molecule is CC1(C)CN(c2ccc(CC(F)F)c(F)c2)[C@H]2CCCC[C@@H]2N1.Cl.Cl. The molecular formula is C18H27Cl2F3N2. The molecule has 2 nitrogen and oxygen atoms in total. The van der Waals surface area contributed by atoms with Gasteiger partial charge in [-0.2, -0.15) is 0 Å². The van der Waals surface area contributed by atoms with Gasteiger partial charge in [0, 0.05) is 36.3 Å². The van der Waals surface area contributed by atoms with E-state index in [4.69, 9.17) is 0 Å². The third kappa shape index (κ3) is 5.18. The Hall–Kier alpha value is -0.650. The van der Waals surface area contributed by atoms with Gasteiger partial charge in [-0.1, -0.05) is 18.9 Å². The molecule has 2 fully saturated rings. The second-order valence-electron chi connectivity index (χ2n) is 7.49. The van der Waals surface area contributed by atoms with Crippen LogP contribution in [0, 0.1) is 5.82 Å². The minimum Gasteiger partial charge on any atom is -0.365 e. The Morgan fingerprint density at radius 1 is 1.20 bits per heavy atom. The molecule has 2 atom stereocenters. The Kier molecular flexibility index (Phi) is 7.91. The van der Waals surface area contributed by atoms with Crippen molar-refractivity contribution >= 4 is 30.5 Å². The van der Waals surface area contributed by atoms with Gasteiger partial charge in [-0.3, -0.25) is 0 Å². The normalized spacial score (nSPS) is 25.0. The van der Waals surface area contributed by atoms with Crippen molar-refractivity contribution in [1.82, 2.24) is 5.32 Å². The van der Waals surface area contributed by atoms with Crippen molar-refractivity contribution in [1.29, 1.82) is 0 Å². The van der Waals surface area contributed by atoms with Gasteiger partial charge in [0.1, 0.15) is 5.82 Å². The van der Waals surface area contributed by atoms with Crippen molar-refractivity contribution in [3.63, 3.8) is 0 Å². The molecule has 1 saturated heterocycles. The first kappa shape index (κ1) is 22.4. The van der Waals surface area contributed by atoms with E-state index in [1.54, 1.807) is 6.07 Å². The number of piperazine rings is 1. The molecule has 1 aromatic rings. The number of fused-ring (bicyclic) bond motifs is 1. The van der Waals surface area contributed by atoms with Gasteiger partial charge in [-0.25, -0.2) is 13.2 Å². The van der Waals surface area contributed by atoms with Crippen LogP contribution in [0.3, 0.4) is 0 Å². The van der Waals surface area contributed by atoms with Crippen molar-refractivity contribution in [3.8, 4) is 0 Å². The van der Waals surface area contributed by atoms with Crippen molar-refractivity contribution in [2.24, 2.45) is 0 Å². The number of nitrogens with zero attached hydrogens (tertiary/aromatic N) is 1. The van der Waals surface area contributed by atoms with Crippen LogP contribution < -0.4 is 10.2 Å². The van der Waals surface area contributed by atoms with Crippen molar-refractivity contribution in [3.05, 3.63) is 29.6 Å². The summed E-state index contributed by atoms with van der Waals surface area (Å²) in [5, 5.41) is 3.71. The molecule has 0 radical (unpaired) electrons. The third-order valence-corrected chi connectivity index (χ3v) is 5.01. The summed E-state index contributed by atoms with van der Waals surface area (Å²) in [6.07, 6.45) is 1.60. The molecule has 1 aliphatic heterocycles. The molecule has 144 valence electrons. The number of hydrogen-bond donors (Lipinski definition) is 1. The zero-order valence-corrected chi connectivity index (χ0v) is 16.2. The topological polar surface area (TPSA) is 15.3 Å². The van der Waals surface area contributed by atoms with Gasteiger partial charge in [-0.15, -0.1) is 24.8 Å². The lowest BCUT2D eigenvalue weighted by molar-refractivity contribution is 0.148. The molecule has 2 aliphatic rings. The lowest BCUT2D eigenvalue weighted by atomic mass is 9.83. The van der Waals surface area contributed by atoms with E-state index in [2.05, 4.69) is 24.1 Å². The molecule has 1 heterocycles. The molecule has 0 aromatic heterocycles. The van der Waals surface area contributed by atoms with Crippen LogP contribution in [-0.4, -0.2) is 30.6 Å². The van der Waals surface area contributed by atoms with E-state index < -0.39 is 18.7 Å². The number of hydrogen-bond acceptors (Lipinski definition) is 2. The molecular weight excluding hydrogens is 372 g/mol. The lowest BCUT2D eigenvalue weighted by Crippen LogP contribution is -2.67. The Bertz CT molecular complexity index is 569. The molecule has 1 aliphatic carbocycles. The van der Waals surface area contributed by atoms with Gasteiger partial charge in [0.05, 0.1) is 0 Å². The highest BCUT2D eigenvalue weighted by atomic mass is 35.5. The summed E-state index contributed by atoms with van der Waals surface area (Å²) in [4.78, 5) is 2.27. The average Bonchev–Trinajstić information content (AvgIpc) is 2.47. The third-order valence-electron chi connectivity index (χ3n) is 5.01. The Morgan fingerprint density at radius 2 is 1.88 bits per heavy atom. The summed E-state index contributed by atoms with van der Waals surface area (Å²) in [6, 6.07) is 5.52. The first-order chi connectivity index (χ1) is 10.9. The van der Waals surface area contributed by atoms with Gasteiger partial charge < -0.3 is 10.2 Å². The van der Waals surface area contributed by atoms with E-state index in [0.717, 1.165) is 25.1 Å². The predicted molar refractivity (Wildman–Crippen MR) is 101 cm³/mol. The molecule has 3 rings (SSSR count). The van der Waals surface area contributed by atoms with Crippen molar-refractivity contribution in [2.45, 2.75) is 70.0 Å². The van der Waals surface area contributed by atoms with E-state index >= 15 is 0 Å². The van der Waals surface area contributed by atoms with Crippen LogP contribution in [0.5, 0.6) is 0 Å². The zero-order chi connectivity index (χ0) is 16.6. The Balaban J connectivity index is 0.00000156. The predicted octanol–water partition coefficient (Wildman–Crippen LogP) is 4.98. The molecule has 1 N–H and O–H groups in total. The van der Waals surface area contributed by atoms with Gasteiger partial charge >= 0.3 is 0 Å². The maximum Gasteiger partial charge on any atom is 0.242 e. The summed E-state index contributed by atoms with van der Waals surface area (Å²) in [5.74, 6) is -0.522. The monoisotopic (exact) mass is 398 g/mol. The fourth-order valence-electron chi connectivity index (χ4n) is 4.07. The summed E-state index contributed by atoms with van der Waals surface area (Å²) in [5.41, 5.74) is 0.863. The van der Waals surface area contributed by atoms with Crippen LogP contribution in [0.15, 0.2) is 18.2 Å². The fraction of sp³-hybridized carbons (Fsp3) is 0.667. The summed E-state index contributed by atoms with van der Waals surface area (Å²) >= 11 is 0. The lowest BCUT2D eigenvalue weighted by Gasteiger charge is -2.52. The number of anilines is 1. The molecule has 7 heteroatoms. The average molecular weight is 399 g/mol. The highest BCUT2D eigenvalue weighted by Gasteiger charge is 2.40. The fourth-order valence-corrected chi connectivity index (χ4v) is 4.07. The quantitative estimate of drug-likeness (QED) is 0.772. The summed E-state index contributed by atoms with van der Waals surface area (Å²) < 4.78 is 39.2. The number of alkyl halides is 2. The minimum atomic E-state index is -2.52. The Labute approximate surface area is 160 Å². The molecule has 1 aromatic carbocycles. The second-order valence-corrected chi connectivity index (χ2v) is 7.49. The maximum absolute atomic E-state index is 14.2. The van der Waals surface area contributed by atoms with Crippen LogP contribution >= 0.6 is 24.8 Å². The van der Waals surface area contributed by atoms with Crippen LogP contribution in [-0.2, 0) is 6.42 Å². The molecule has 0 bridgehead atoms. The highest BCUT2D eigenvalue weighted by Crippen LogP contribution is 2.34. The number of benzene rings is 1. The van der Waals surface area contributed by atoms with Gasteiger partial charge in [-0.05, 0) is 44.4 Å². The largest absolute Gasteiger partial charge is 0.365 e. The number of nitrogens with one attached hydrogen (secondary N) is 1. The smallest absolute Gasteiger partial charge is 0.242 e. The van der Waals surface area contributed by atoms with E-state index in [1.807, 2.05) is 0 Å². The first-order valence-corrected chi connectivity index (χ1v) is 8.47.